The first kappa shape index (κ1) is 17.9. The molecule has 4 rings (SSSR count). The first-order valence-electron chi connectivity index (χ1n) is 9.06. The fourth-order valence-corrected chi connectivity index (χ4v) is 3.59. The molecule has 1 amide bonds. The van der Waals surface area contributed by atoms with Gasteiger partial charge in [-0.15, -0.1) is 0 Å². The molecule has 1 saturated heterocycles. The molecule has 1 aromatic carbocycles. The lowest BCUT2D eigenvalue weighted by molar-refractivity contribution is 0.0929. The van der Waals surface area contributed by atoms with Crippen LogP contribution in [0.5, 0.6) is 0 Å². The standard InChI is InChI=1S/C20H20BrN3O3/c21-15-5-7-17-14(11-15)12-18(27-17)20(25)23-22-13-16-6-8-19(26-16)24-9-3-1-2-4-10-24/h5-8,11-13H,1-4,9-10H2,(H,23,25)/b22-13+. The molecular weight excluding hydrogens is 410 g/mol. The van der Waals surface area contributed by atoms with Crippen molar-refractivity contribution < 1.29 is 13.6 Å². The van der Waals surface area contributed by atoms with Gasteiger partial charge in [0.2, 0.25) is 0 Å². The van der Waals surface area contributed by atoms with E-state index in [4.69, 9.17) is 8.83 Å². The lowest BCUT2D eigenvalue weighted by Crippen LogP contribution is -2.23. The first-order valence-corrected chi connectivity index (χ1v) is 9.86. The van der Waals surface area contributed by atoms with Gasteiger partial charge in [-0.3, -0.25) is 4.79 Å². The smallest absolute Gasteiger partial charge is 0.307 e. The molecule has 0 unspecified atom stereocenters. The SMILES string of the molecule is O=C(N/N=C/c1ccc(N2CCCCCC2)o1)c1cc2cc(Br)ccc2o1. The molecule has 0 aliphatic carbocycles. The zero-order chi connectivity index (χ0) is 18.6. The molecule has 1 fully saturated rings. The van der Waals surface area contributed by atoms with Gasteiger partial charge in [0.05, 0.1) is 6.21 Å². The number of amides is 1. The number of hydrogen-bond donors (Lipinski definition) is 1. The molecule has 3 heterocycles. The van der Waals surface area contributed by atoms with Gasteiger partial charge in [0.1, 0.15) is 11.3 Å². The average molecular weight is 430 g/mol. The summed E-state index contributed by atoms with van der Waals surface area (Å²) in [6, 6.07) is 11.1. The molecule has 6 nitrogen and oxygen atoms in total. The van der Waals surface area contributed by atoms with Crippen molar-refractivity contribution in [3.05, 3.63) is 52.4 Å². The average Bonchev–Trinajstić information content (AvgIpc) is 3.21. The Kier molecular flexibility index (Phi) is 5.29. The van der Waals surface area contributed by atoms with Crippen molar-refractivity contribution in [2.75, 3.05) is 18.0 Å². The third kappa shape index (κ3) is 4.24. The van der Waals surface area contributed by atoms with E-state index in [-0.39, 0.29) is 5.76 Å². The number of furan rings is 2. The van der Waals surface area contributed by atoms with E-state index in [0.717, 1.165) is 28.8 Å². The topological polar surface area (TPSA) is 71.0 Å². The second-order valence-corrected chi connectivity index (χ2v) is 7.48. The summed E-state index contributed by atoms with van der Waals surface area (Å²) in [4.78, 5) is 14.5. The molecule has 0 saturated carbocycles. The maximum atomic E-state index is 12.2. The van der Waals surface area contributed by atoms with E-state index >= 15 is 0 Å². The quantitative estimate of drug-likeness (QED) is 0.471. The summed E-state index contributed by atoms with van der Waals surface area (Å²) in [5.74, 6) is 1.26. The summed E-state index contributed by atoms with van der Waals surface area (Å²) in [7, 11) is 0. The summed E-state index contributed by atoms with van der Waals surface area (Å²) >= 11 is 3.40. The third-order valence-electron chi connectivity index (χ3n) is 4.59. The Morgan fingerprint density at radius 3 is 2.70 bits per heavy atom. The van der Waals surface area contributed by atoms with Crippen LogP contribution in [0.2, 0.25) is 0 Å². The zero-order valence-corrected chi connectivity index (χ0v) is 16.4. The van der Waals surface area contributed by atoms with E-state index in [2.05, 4.69) is 31.4 Å². The summed E-state index contributed by atoms with van der Waals surface area (Å²) in [5, 5.41) is 4.83. The van der Waals surface area contributed by atoms with Gasteiger partial charge in [0, 0.05) is 29.0 Å². The highest BCUT2D eigenvalue weighted by Crippen LogP contribution is 2.23. The van der Waals surface area contributed by atoms with E-state index in [0.29, 0.717) is 11.3 Å². The van der Waals surface area contributed by atoms with Crippen molar-refractivity contribution in [3.63, 3.8) is 0 Å². The van der Waals surface area contributed by atoms with Crippen LogP contribution in [0.3, 0.4) is 0 Å². The third-order valence-corrected chi connectivity index (χ3v) is 5.08. The monoisotopic (exact) mass is 429 g/mol. The summed E-state index contributed by atoms with van der Waals surface area (Å²) in [6.45, 7) is 2.03. The lowest BCUT2D eigenvalue weighted by atomic mass is 10.2. The lowest BCUT2D eigenvalue weighted by Gasteiger charge is -2.18. The summed E-state index contributed by atoms with van der Waals surface area (Å²) < 4.78 is 12.3. The Labute approximate surface area is 165 Å². The Morgan fingerprint density at radius 2 is 1.89 bits per heavy atom. The highest BCUT2D eigenvalue weighted by molar-refractivity contribution is 9.10. The minimum Gasteiger partial charge on any atom is -0.451 e. The molecule has 1 aliphatic rings. The molecule has 0 bridgehead atoms. The molecule has 0 atom stereocenters. The van der Waals surface area contributed by atoms with Crippen LogP contribution in [-0.2, 0) is 0 Å². The maximum Gasteiger partial charge on any atom is 0.307 e. The minimum absolute atomic E-state index is 0.213. The fraction of sp³-hybridized carbons (Fsp3) is 0.300. The second kappa shape index (κ2) is 8.00. The normalized spacial score (nSPS) is 15.4. The van der Waals surface area contributed by atoms with Crippen LogP contribution in [0.15, 0.2) is 54.8 Å². The van der Waals surface area contributed by atoms with Gasteiger partial charge < -0.3 is 13.7 Å². The largest absolute Gasteiger partial charge is 0.451 e. The number of rotatable bonds is 4. The van der Waals surface area contributed by atoms with Crippen LogP contribution in [0.1, 0.15) is 42.0 Å². The number of nitrogens with zero attached hydrogens (tertiary/aromatic N) is 2. The Morgan fingerprint density at radius 1 is 1.07 bits per heavy atom. The maximum absolute atomic E-state index is 12.2. The van der Waals surface area contributed by atoms with Gasteiger partial charge in [0.15, 0.2) is 11.6 Å². The highest BCUT2D eigenvalue weighted by Gasteiger charge is 2.14. The van der Waals surface area contributed by atoms with E-state index in [1.165, 1.54) is 31.9 Å². The molecular formula is C20H20BrN3O3. The van der Waals surface area contributed by atoms with Crippen molar-refractivity contribution in [1.29, 1.82) is 0 Å². The van der Waals surface area contributed by atoms with Crippen molar-refractivity contribution in [2.45, 2.75) is 25.7 Å². The molecule has 1 N–H and O–H groups in total. The molecule has 2 aromatic heterocycles. The van der Waals surface area contributed by atoms with Crippen LogP contribution in [-0.4, -0.2) is 25.2 Å². The number of benzene rings is 1. The summed E-state index contributed by atoms with van der Waals surface area (Å²) in [6.07, 6.45) is 6.42. The number of carbonyl (C=O) groups excluding carboxylic acids is 1. The number of anilines is 1. The number of nitrogens with one attached hydrogen (secondary N) is 1. The molecule has 0 radical (unpaired) electrons. The molecule has 0 spiro atoms. The van der Waals surface area contributed by atoms with E-state index in [9.17, 15) is 4.79 Å². The highest BCUT2D eigenvalue weighted by atomic mass is 79.9. The van der Waals surface area contributed by atoms with E-state index in [1.54, 1.807) is 6.07 Å². The van der Waals surface area contributed by atoms with Crippen LogP contribution in [0, 0.1) is 0 Å². The van der Waals surface area contributed by atoms with Crippen LogP contribution < -0.4 is 10.3 Å². The number of carbonyl (C=O) groups is 1. The van der Waals surface area contributed by atoms with E-state index in [1.807, 2.05) is 30.3 Å². The number of fused-ring (bicyclic) bond motifs is 1. The Hall–Kier alpha value is -2.54. The fourth-order valence-electron chi connectivity index (χ4n) is 3.21. The van der Waals surface area contributed by atoms with Gasteiger partial charge >= 0.3 is 5.91 Å². The van der Waals surface area contributed by atoms with Gasteiger partial charge in [-0.25, -0.2) is 5.43 Å². The van der Waals surface area contributed by atoms with Crippen molar-refractivity contribution >= 4 is 44.9 Å². The zero-order valence-electron chi connectivity index (χ0n) is 14.8. The molecule has 140 valence electrons. The van der Waals surface area contributed by atoms with Crippen molar-refractivity contribution in [1.82, 2.24) is 5.43 Å². The van der Waals surface area contributed by atoms with Gasteiger partial charge in [-0.1, -0.05) is 28.8 Å². The van der Waals surface area contributed by atoms with Crippen LogP contribution in [0.25, 0.3) is 11.0 Å². The van der Waals surface area contributed by atoms with Crippen LogP contribution >= 0.6 is 15.9 Å². The predicted molar refractivity (Wildman–Crippen MR) is 108 cm³/mol. The van der Waals surface area contributed by atoms with Crippen molar-refractivity contribution in [2.24, 2.45) is 5.10 Å². The Bertz CT molecular complexity index is 968. The number of hydrogen-bond acceptors (Lipinski definition) is 5. The van der Waals surface area contributed by atoms with Crippen molar-refractivity contribution in [3.8, 4) is 0 Å². The van der Waals surface area contributed by atoms with Gasteiger partial charge in [-0.05, 0) is 43.2 Å². The van der Waals surface area contributed by atoms with E-state index < -0.39 is 5.91 Å². The molecule has 7 heteroatoms. The van der Waals surface area contributed by atoms with Gasteiger partial charge in [-0.2, -0.15) is 5.10 Å². The predicted octanol–water partition coefficient (Wildman–Crippen LogP) is 4.93. The number of hydrazone groups is 1. The van der Waals surface area contributed by atoms with Gasteiger partial charge in [0.25, 0.3) is 0 Å². The molecule has 27 heavy (non-hydrogen) atoms. The first-order chi connectivity index (χ1) is 13.2. The summed E-state index contributed by atoms with van der Waals surface area (Å²) in [5.41, 5.74) is 3.13. The minimum atomic E-state index is -0.405. The van der Waals surface area contributed by atoms with Crippen LogP contribution in [0.4, 0.5) is 5.88 Å². The second-order valence-electron chi connectivity index (χ2n) is 6.57. The molecule has 1 aliphatic heterocycles. The Balaban J connectivity index is 1.38. The molecule has 3 aromatic rings. The number of halogens is 1.